The highest BCUT2D eigenvalue weighted by molar-refractivity contribution is 6.37. The molecule has 0 amide bonds. The van der Waals surface area contributed by atoms with Crippen molar-refractivity contribution in [3.05, 3.63) is 68.1 Å². The van der Waals surface area contributed by atoms with Crippen LogP contribution in [0, 0.1) is 13.8 Å². The maximum absolute atomic E-state index is 12.2. The number of ether oxygens (including phenoxy) is 1. The molecule has 25 heavy (non-hydrogen) atoms. The number of allylic oxidation sites excluding steroid dienone is 1. The number of halogens is 2. The number of carbonyl (C=O) groups is 2. The molecule has 4 nitrogen and oxygen atoms in total. The summed E-state index contributed by atoms with van der Waals surface area (Å²) in [5.41, 5.74) is 2.11. The van der Waals surface area contributed by atoms with Crippen LogP contribution in [0.15, 0.2) is 39.8 Å². The minimum atomic E-state index is -0.729. The normalized spacial score (nSPS) is 18.0. The van der Waals surface area contributed by atoms with Crippen molar-refractivity contribution in [3.8, 4) is 0 Å². The number of furan rings is 1. The van der Waals surface area contributed by atoms with Crippen molar-refractivity contribution in [2.24, 2.45) is 0 Å². The number of esters is 2. The van der Waals surface area contributed by atoms with E-state index in [1.165, 1.54) is 6.08 Å². The number of benzene rings is 1. The summed E-state index contributed by atoms with van der Waals surface area (Å²) in [5, 5.41) is 0.749. The Morgan fingerprint density at radius 3 is 2.28 bits per heavy atom. The second kappa shape index (κ2) is 6.54. The summed E-state index contributed by atoms with van der Waals surface area (Å²) in [6, 6.07) is 6.82. The third-order valence-electron chi connectivity index (χ3n) is 3.99. The molecule has 1 aromatic heterocycles. The van der Waals surface area contributed by atoms with Crippen molar-refractivity contribution in [3.63, 3.8) is 0 Å². The van der Waals surface area contributed by atoms with Gasteiger partial charge in [-0.25, -0.2) is 9.59 Å². The van der Waals surface area contributed by atoms with Crippen LogP contribution in [0.4, 0.5) is 0 Å². The topological polar surface area (TPSA) is 56.5 Å². The Bertz CT molecular complexity index is 944. The van der Waals surface area contributed by atoms with Crippen molar-refractivity contribution in [1.82, 2.24) is 0 Å². The second-order valence-electron chi connectivity index (χ2n) is 5.70. The molecule has 0 aliphatic carbocycles. The fraction of sp³-hybridized carbons (Fsp3) is 0.158. The van der Waals surface area contributed by atoms with Crippen LogP contribution in [0.2, 0.25) is 10.0 Å². The van der Waals surface area contributed by atoms with Crippen LogP contribution < -0.4 is 0 Å². The van der Waals surface area contributed by atoms with Gasteiger partial charge in [0, 0.05) is 21.2 Å². The first-order chi connectivity index (χ1) is 11.8. The summed E-state index contributed by atoms with van der Waals surface area (Å²) in [6.45, 7) is 5.35. The molecule has 1 fully saturated rings. The first-order valence-corrected chi connectivity index (χ1v) is 8.26. The lowest BCUT2D eigenvalue weighted by molar-refractivity contribution is -0.149. The van der Waals surface area contributed by atoms with Gasteiger partial charge in [-0.15, -0.1) is 0 Å². The fourth-order valence-electron chi connectivity index (χ4n) is 2.82. The predicted octanol–water partition coefficient (Wildman–Crippen LogP) is 5.14. The SMILES string of the molecule is C/C(=C1/C(=O)OC(=O)/C1=C\c1c(Cl)cccc1Cl)c1cc(C)oc1C. The van der Waals surface area contributed by atoms with Crippen molar-refractivity contribution >= 4 is 46.8 Å². The predicted molar refractivity (Wildman–Crippen MR) is 96.3 cm³/mol. The first-order valence-electron chi connectivity index (χ1n) is 7.50. The van der Waals surface area contributed by atoms with Crippen LogP contribution in [0.5, 0.6) is 0 Å². The van der Waals surface area contributed by atoms with Gasteiger partial charge < -0.3 is 9.15 Å². The lowest BCUT2D eigenvalue weighted by Crippen LogP contribution is -1.99. The van der Waals surface area contributed by atoms with E-state index in [1.54, 1.807) is 32.0 Å². The molecule has 0 saturated carbocycles. The highest BCUT2D eigenvalue weighted by Gasteiger charge is 2.36. The zero-order valence-corrected chi connectivity index (χ0v) is 15.3. The van der Waals surface area contributed by atoms with Crippen molar-refractivity contribution in [1.29, 1.82) is 0 Å². The summed E-state index contributed by atoms with van der Waals surface area (Å²) in [5.74, 6) is -0.0574. The molecule has 2 heterocycles. The molecule has 0 unspecified atom stereocenters. The molecule has 1 aliphatic heterocycles. The van der Waals surface area contributed by atoms with E-state index in [9.17, 15) is 9.59 Å². The molecule has 6 heteroatoms. The van der Waals surface area contributed by atoms with E-state index < -0.39 is 11.9 Å². The van der Waals surface area contributed by atoms with E-state index in [2.05, 4.69) is 0 Å². The van der Waals surface area contributed by atoms with Gasteiger partial charge in [0.05, 0.1) is 11.1 Å². The Morgan fingerprint density at radius 1 is 1.08 bits per heavy atom. The van der Waals surface area contributed by atoms with Gasteiger partial charge in [0.15, 0.2) is 0 Å². The zero-order chi connectivity index (χ0) is 18.3. The second-order valence-corrected chi connectivity index (χ2v) is 6.51. The van der Waals surface area contributed by atoms with E-state index >= 15 is 0 Å². The van der Waals surface area contributed by atoms with Crippen LogP contribution in [0.3, 0.4) is 0 Å². The monoisotopic (exact) mass is 376 g/mol. The Labute approximate surface area is 154 Å². The smallest absolute Gasteiger partial charge is 0.347 e. The Hall–Kier alpha value is -2.30. The van der Waals surface area contributed by atoms with Gasteiger partial charge in [0.1, 0.15) is 11.5 Å². The number of hydrogen-bond acceptors (Lipinski definition) is 4. The maximum atomic E-state index is 12.2. The van der Waals surface area contributed by atoms with Crippen LogP contribution in [0.1, 0.15) is 29.6 Å². The molecule has 1 aromatic carbocycles. The third-order valence-corrected chi connectivity index (χ3v) is 4.65. The number of cyclic esters (lactones) is 2. The molecule has 0 spiro atoms. The Kier molecular flexibility index (Phi) is 4.58. The minimum Gasteiger partial charge on any atom is -0.466 e. The molecule has 1 saturated heterocycles. The van der Waals surface area contributed by atoms with Crippen molar-refractivity contribution in [2.75, 3.05) is 0 Å². The van der Waals surface area contributed by atoms with Gasteiger partial charge in [-0.1, -0.05) is 29.3 Å². The molecule has 0 atom stereocenters. The number of carbonyl (C=O) groups excluding carboxylic acids is 2. The standard InChI is InChI=1S/C19H14Cl2O4/c1-9-7-12(11(3)24-9)10(2)17-14(18(22)25-19(17)23)8-13-15(20)5-4-6-16(13)21/h4-8H,1-3H3/b14-8-,17-10-. The van der Waals surface area contributed by atoms with Gasteiger partial charge in [0.25, 0.3) is 0 Å². The summed E-state index contributed by atoms with van der Waals surface area (Å²) in [7, 11) is 0. The summed E-state index contributed by atoms with van der Waals surface area (Å²) >= 11 is 12.3. The molecule has 2 aromatic rings. The highest BCUT2D eigenvalue weighted by Crippen LogP contribution is 2.36. The van der Waals surface area contributed by atoms with Crippen molar-refractivity contribution in [2.45, 2.75) is 20.8 Å². The van der Waals surface area contributed by atoms with E-state index in [0.717, 1.165) is 5.56 Å². The fourth-order valence-corrected chi connectivity index (χ4v) is 3.33. The van der Waals surface area contributed by atoms with Gasteiger partial charge in [-0.3, -0.25) is 0 Å². The summed E-state index contributed by atoms with van der Waals surface area (Å²) in [6.07, 6.45) is 1.49. The molecule has 0 N–H and O–H groups in total. The van der Waals surface area contributed by atoms with Gasteiger partial charge >= 0.3 is 11.9 Å². The molecule has 1 aliphatic rings. The molecule has 0 bridgehead atoms. The average Bonchev–Trinajstić information content (AvgIpc) is 3.01. The van der Waals surface area contributed by atoms with Crippen LogP contribution >= 0.6 is 23.2 Å². The number of hydrogen-bond donors (Lipinski definition) is 0. The lowest BCUT2D eigenvalue weighted by Gasteiger charge is -2.05. The Balaban J connectivity index is 2.22. The van der Waals surface area contributed by atoms with E-state index in [0.29, 0.717) is 32.7 Å². The molecule has 0 radical (unpaired) electrons. The minimum absolute atomic E-state index is 0.121. The third kappa shape index (κ3) is 3.15. The number of rotatable bonds is 2. The zero-order valence-electron chi connectivity index (χ0n) is 13.8. The van der Waals surface area contributed by atoms with Crippen molar-refractivity contribution < 1.29 is 18.7 Å². The summed E-state index contributed by atoms with van der Waals surface area (Å²) < 4.78 is 10.3. The average molecular weight is 377 g/mol. The quantitative estimate of drug-likeness (QED) is 0.413. The summed E-state index contributed by atoms with van der Waals surface area (Å²) in [4.78, 5) is 24.4. The lowest BCUT2D eigenvalue weighted by atomic mass is 9.96. The van der Waals surface area contributed by atoms with Gasteiger partial charge in [-0.2, -0.15) is 0 Å². The molecule has 3 rings (SSSR count). The van der Waals surface area contributed by atoms with E-state index in [1.807, 2.05) is 13.0 Å². The number of aryl methyl sites for hydroxylation is 2. The van der Waals surface area contributed by atoms with Crippen LogP contribution in [-0.2, 0) is 14.3 Å². The van der Waals surface area contributed by atoms with E-state index in [-0.39, 0.29) is 11.1 Å². The molecular formula is C19H14Cl2O4. The first kappa shape index (κ1) is 17.5. The molecule has 128 valence electrons. The van der Waals surface area contributed by atoms with Crippen LogP contribution in [-0.4, -0.2) is 11.9 Å². The van der Waals surface area contributed by atoms with Gasteiger partial charge in [-0.05, 0) is 50.6 Å². The largest absolute Gasteiger partial charge is 0.466 e. The van der Waals surface area contributed by atoms with E-state index in [4.69, 9.17) is 32.4 Å². The molecular weight excluding hydrogens is 363 g/mol. The maximum Gasteiger partial charge on any atom is 0.347 e. The highest BCUT2D eigenvalue weighted by atomic mass is 35.5. The van der Waals surface area contributed by atoms with Gasteiger partial charge in [0.2, 0.25) is 0 Å². The Morgan fingerprint density at radius 2 is 1.72 bits per heavy atom. The van der Waals surface area contributed by atoms with Crippen LogP contribution in [0.25, 0.3) is 11.6 Å².